The van der Waals surface area contributed by atoms with E-state index in [1.165, 1.54) is 0 Å². The van der Waals surface area contributed by atoms with Crippen LogP contribution in [0.4, 0.5) is 0 Å². The van der Waals surface area contributed by atoms with Crippen molar-refractivity contribution in [3.63, 3.8) is 0 Å². The highest BCUT2D eigenvalue weighted by Crippen LogP contribution is 2.27. The summed E-state index contributed by atoms with van der Waals surface area (Å²) in [6.45, 7) is 4.40. The van der Waals surface area contributed by atoms with Crippen molar-refractivity contribution < 1.29 is 19.7 Å². The Morgan fingerprint density at radius 3 is 2.69 bits per heavy atom. The van der Waals surface area contributed by atoms with Gasteiger partial charge in [-0.15, -0.1) is 0 Å². The van der Waals surface area contributed by atoms with Crippen LogP contribution in [-0.4, -0.2) is 35.5 Å². The summed E-state index contributed by atoms with van der Waals surface area (Å²) in [6.07, 6.45) is 1.88. The van der Waals surface area contributed by atoms with Gasteiger partial charge in [-0.25, -0.2) is 0 Å². The van der Waals surface area contributed by atoms with E-state index in [9.17, 15) is 9.90 Å². The summed E-state index contributed by atoms with van der Waals surface area (Å²) >= 11 is 0. The van der Waals surface area contributed by atoms with E-state index in [2.05, 4.69) is 13.8 Å². The molecule has 1 saturated heterocycles. The molecule has 1 aliphatic heterocycles. The van der Waals surface area contributed by atoms with Crippen LogP contribution in [-0.2, 0) is 9.53 Å². The van der Waals surface area contributed by atoms with Crippen LogP contribution in [0.15, 0.2) is 0 Å². The average molecular weight is 230 g/mol. The Kier molecular flexibility index (Phi) is 5.22. The smallest absolute Gasteiger partial charge is 0.312 e. The average Bonchev–Trinajstić information content (AvgIpc) is 2.58. The second-order valence-electron chi connectivity index (χ2n) is 4.99. The highest BCUT2D eigenvalue weighted by molar-refractivity contribution is 5.75. The van der Waals surface area contributed by atoms with Gasteiger partial charge in [0, 0.05) is 5.92 Å². The van der Waals surface area contributed by atoms with E-state index >= 15 is 0 Å². The lowest BCUT2D eigenvalue weighted by Crippen LogP contribution is -2.31. The lowest BCUT2D eigenvalue weighted by atomic mass is 9.87. The molecule has 0 bridgehead atoms. The van der Waals surface area contributed by atoms with Gasteiger partial charge in [0.25, 0.3) is 0 Å². The van der Waals surface area contributed by atoms with Crippen molar-refractivity contribution in [1.82, 2.24) is 0 Å². The zero-order valence-electron chi connectivity index (χ0n) is 10.1. The predicted octanol–water partition coefficient (Wildman–Crippen LogP) is 0.955. The van der Waals surface area contributed by atoms with E-state index in [4.69, 9.17) is 9.84 Å². The summed E-state index contributed by atoms with van der Waals surface area (Å²) in [6, 6.07) is 0. The molecule has 0 aromatic carbocycles. The van der Waals surface area contributed by atoms with Crippen LogP contribution in [0.2, 0.25) is 0 Å². The highest BCUT2D eigenvalue weighted by Gasteiger charge is 2.41. The van der Waals surface area contributed by atoms with Crippen LogP contribution >= 0.6 is 0 Å². The van der Waals surface area contributed by atoms with Gasteiger partial charge < -0.3 is 14.9 Å². The molecule has 0 amide bonds. The molecule has 0 aromatic rings. The van der Waals surface area contributed by atoms with Gasteiger partial charge in [-0.05, 0) is 12.3 Å². The summed E-state index contributed by atoms with van der Waals surface area (Å²) in [5.74, 6) is -0.522. The van der Waals surface area contributed by atoms with E-state index in [-0.39, 0.29) is 25.1 Å². The molecule has 1 rings (SSSR count). The van der Waals surface area contributed by atoms with Crippen molar-refractivity contribution in [3.8, 4) is 0 Å². The summed E-state index contributed by atoms with van der Waals surface area (Å²) in [5, 5.41) is 19.0. The van der Waals surface area contributed by atoms with Crippen LogP contribution in [0.3, 0.4) is 0 Å². The van der Waals surface area contributed by atoms with Gasteiger partial charge in [0.1, 0.15) is 0 Å². The van der Waals surface area contributed by atoms with E-state index in [0.29, 0.717) is 12.3 Å². The van der Waals surface area contributed by atoms with Gasteiger partial charge in [-0.1, -0.05) is 26.7 Å². The fourth-order valence-corrected chi connectivity index (χ4v) is 2.13. The maximum absolute atomic E-state index is 11.4. The third-order valence-electron chi connectivity index (χ3n) is 3.15. The number of aliphatic hydroxyl groups excluding tert-OH is 2. The van der Waals surface area contributed by atoms with Crippen molar-refractivity contribution in [2.24, 2.45) is 17.8 Å². The second-order valence-corrected chi connectivity index (χ2v) is 4.99. The molecule has 1 aliphatic rings. The summed E-state index contributed by atoms with van der Waals surface area (Å²) < 4.78 is 4.86. The van der Waals surface area contributed by atoms with Crippen LogP contribution in [0.25, 0.3) is 0 Å². The second kappa shape index (κ2) is 6.21. The molecule has 1 heterocycles. The van der Waals surface area contributed by atoms with Crippen LogP contribution in [0, 0.1) is 17.8 Å². The molecule has 0 unspecified atom stereocenters. The number of cyclic esters (lactones) is 1. The third kappa shape index (κ3) is 3.46. The van der Waals surface area contributed by atoms with E-state index in [1.807, 2.05) is 0 Å². The number of esters is 1. The quantitative estimate of drug-likeness (QED) is 0.667. The minimum absolute atomic E-state index is 0.0996. The monoisotopic (exact) mass is 230 g/mol. The summed E-state index contributed by atoms with van der Waals surface area (Å²) in [7, 11) is 0. The van der Waals surface area contributed by atoms with Gasteiger partial charge in [0.15, 0.2) is 0 Å². The maximum atomic E-state index is 11.4. The Labute approximate surface area is 96.6 Å². The Balaban J connectivity index is 2.39. The fourth-order valence-electron chi connectivity index (χ4n) is 2.13. The van der Waals surface area contributed by atoms with Crippen molar-refractivity contribution >= 4 is 5.97 Å². The van der Waals surface area contributed by atoms with Gasteiger partial charge in [0.2, 0.25) is 0 Å². The van der Waals surface area contributed by atoms with Crippen molar-refractivity contribution in [3.05, 3.63) is 0 Å². The number of hydrogen-bond acceptors (Lipinski definition) is 4. The molecular weight excluding hydrogens is 208 g/mol. The van der Waals surface area contributed by atoms with Gasteiger partial charge in [0.05, 0.1) is 25.2 Å². The zero-order valence-corrected chi connectivity index (χ0v) is 10.1. The van der Waals surface area contributed by atoms with Gasteiger partial charge >= 0.3 is 5.97 Å². The molecule has 0 aliphatic carbocycles. The molecule has 1 fully saturated rings. The molecule has 16 heavy (non-hydrogen) atoms. The first kappa shape index (κ1) is 13.5. The predicted molar refractivity (Wildman–Crippen MR) is 59.7 cm³/mol. The first-order valence-corrected chi connectivity index (χ1v) is 6.01. The largest absolute Gasteiger partial charge is 0.465 e. The molecule has 94 valence electrons. The highest BCUT2D eigenvalue weighted by atomic mass is 16.5. The number of aliphatic hydroxyl groups is 2. The molecule has 0 radical (unpaired) electrons. The Hall–Kier alpha value is -0.610. The molecular formula is C12H22O4. The fraction of sp³-hybridized carbons (Fsp3) is 0.917. The number of carbonyl (C=O) groups excluding carboxylic acids is 1. The van der Waals surface area contributed by atoms with E-state index in [1.54, 1.807) is 0 Å². The SMILES string of the molecule is CC(C)CCC[C@@H](O)[C@H]1C(=O)OC[C@H]1CO. The lowest BCUT2D eigenvalue weighted by Gasteiger charge is -2.19. The van der Waals surface area contributed by atoms with E-state index < -0.39 is 12.0 Å². The number of rotatable bonds is 6. The van der Waals surface area contributed by atoms with Crippen LogP contribution in [0.5, 0.6) is 0 Å². The van der Waals surface area contributed by atoms with Gasteiger partial charge in [-0.2, -0.15) is 0 Å². The minimum Gasteiger partial charge on any atom is -0.465 e. The van der Waals surface area contributed by atoms with Crippen LogP contribution in [0.1, 0.15) is 33.1 Å². The molecule has 4 heteroatoms. The minimum atomic E-state index is -0.675. The number of ether oxygens (including phenoxy) is 1. The van der Waals surface area contributed by atoms with E-state index in [0.717, 1.165) is 12.8 Å². The van der Waals surface area contributed by atoms with Crippen molar-refractivity contribution in [2.75, 3.05) is 13.2 Å². The van der Waals surface area contributed by atoms with Gasteiger partial charge in [-0.3, -0.25) is 4.79 Å². The Morgan fingerprint density at radius 2 is 2.12 bits per heavy atom. The normalized spacial score (nSPS) is 27.2. The summed E-state index contributed by atoms with van der Waals surface area (Å²) in [5.41, 5.74) is 0. The molecule has 4 nitrogen and oxygen atoms in total. The topological polar surface area (TPSA) is 66.8 Å². The maximum Gasteiger partial charge on any atom is 0.312 e. The molecule has 2 N–H and O–H groups in total. The zero-order chi connectivity index (χ0) is 12.1. The van der Waals surface area contributed by atoms with Crippen molar-refractivity contribution in [2.45, 2.75) is 39.2 Å². The molecule has 0 spiro atoms. The Bertz CT molecular complexity index is 227. The lowest BCUT2D eigenvalue weighted by molar-refractivity contribution is -0.144. The molecule has 3 atom stereocenters. The summed E-state index contributed by atoms with van der Waals surface area (Å²) in [4.78, 5) is 11.4. The number of carbonyl (C=O) groups is 1. The standard InChI is InChI=1S/C12H22O4/c1-8(2)4-3-5-10(14)11-9(6-13)7-16-12(11)15/h8-11,13-14H,3-7H2,1-2H3/t9-,10-,11+/m1/s1. The third-order valence-corrected chi connectivity index (χ3v) is 3.15. The molecule has 0 saturated carbocycles. The van der Waals surface area contributed by atoms with Crippen LogP contribution < -0.4 is 0 Å². The Morgan fingerprint density at radius 1 is 1.44 bits per heavy atom. The molecule has 0 aromatic heterocycles. The van der Waals surface area contributed by atoms with Crippen molar-refractivity contribution in [1.29, 1.82) is 0 Å². The first-order valence-electron chi connectivity index (χ1n) is 6.01. The number of hydrogen-bond donors (Lipinski definition) is 2. The first-order chi connectivity index (χ1) is 7.56.